The first-order chi connectivity index (χ1) is 13.9. The number of aryl methyl sites for hydroxylation is 2. The Balaban J connectivity index is 1.56. The van der Waals surface area contributed by atoms with Crippen LogP contribution in [0.4, 0.5) is 5.69 Å². The molecule has 0 saturated heterocycles. The van der Waals surface area contributed by atoms with E-state index in [1.807, 2.05) is 6.92 Å². The highest BCUT2D eigenvalue weighted by molar-refractivity contribution is 8.00. The number of nitrogens with zero attached hydrogens (tertiary/aromatic N) is 3. The third-order valence-corrected chi connectivity index (χ3v) is 6.53. The minimum atomic E-state index is -0.259. The summed E-state index contributed by atoms with van der Waals surface area (Å²) < 4.78 is 5.09. The van der Waals surface area contributed by atoms with Gasteiger partial charge in [0, 0.05) is 23.0 Å². The molecule has 2 amide bonds. The summed E-state index contributed by atoms with van der Waals surface area (Å²) in [4.78, 5) is 36.9. The summed E-state index contributed by atoms with van der Waals surface area (Å²) in [6, 6.07) is 7.02. The van der Waals surface area contributed by atoms with Crippen molar-refractivity contribution < 1.29 is 14.3 Å². The lowest BCUT2D eigenvalue weighted by Gasteiger charge is -2.16. The predicted octanol–water partition coefficient (Wildman–Crippen LogP) is 3.51. The highest BCUT2D eigenvalue weighted by Crippen LogP contribution is 2.34. The zero-order valence-corrected chi connectivity index (χ0v) is 18.3. The molecule has 0 saturated carbocycles. The molecule has 3 aromatic rings. The molecule has 29 heavy (non-hydrogen) atoms. The van der Waals surface area contributed by atoms with Crippen molar-refractivity contribution in [2.24, 2.45) is 0 Å². The minimum Gasteiger partial charge on any atom is -0.497 e. The lowest BCUT2D eigenvalue weighted by atomic mass is 10.2. The number of anilines is 1. The van der Waals surface area contributed by atoms with Gasteiger partial charge >= 0.3 is 0 Å². The van der Waals surface area contributed by atoms with E-state index in [9.17, 15) is 9.59 Å². The van der Waals surface area contributed by atoms with Gasteiger partial charge < -0.3 is 15.0 Å². The van der Waals surface area contributed by atoms with Crippen LogP contribution in [-0.2, 0) is 9.59 Å². The normalized spacial score (nSPS) is 10.8. The van der Waals surface area contributed by atoms with Crippen LogP contribution < -0.4 is 10.1 Å². The molecule has 0 unspecified atom stereocenters. The Morgan fingerprint density at radius 1 is 1.21 bits per heavy atom. The summed E-state index contributed by atoms with van der Waals surface area (Å²) in [5.74, 6) is 0.510. The first kappa shape index (κ1) is 21.1. The molecular formula is C20H22N4O3S2. The number of methoxy groups -OCH3 is 1. The van der Waals surface area contributed by atoms with Gasteiger partial charge in [0.15, 0.2) is 0 Å². The van der Waals surface area contributed by atoms with Gasteiger partial charge in [0.05, 0.1) is 19.4 Å². The van der Waals surface area contributed by atoms with E-state index in [0.717, 1.165) is 20.8 Å². The molecule has 3 rings (SSSR count). The van der Waals surface area contributed by atoms with Gasteiger partial charge in [0.25, 0.3) is 0 Å². The first-order valence-corrected chi connectivity index (χ1v) is 10.7. The van der Waals surface area contributed by atoms with Gasteiger partial charge in [-0.25, -0.2) is 9.97 Å². The third-order valence-electron chi connectivity index (χ3n) is 4.44. The number of thiophene rings is 1. The molecule has 0 aliphatic carbocycles. The Morgan fingerprint density at radius 3 is 2.62 bits per heavy atom. The van der Waals surface area contributed by atoms with Crippen molar-refractivity contribution in [3.05, 3.63) is 41.0 Å². The van der Waals surface area contributed by atoms with Gasteiger partial charge in [-0.05, 0) is 43.7 Å². The second-order valence-electron chi connectivity index (χ2n) is 6.46. The van der Waals surface area contributed by atoms with Crippen LogP contribution in [0.5, 0.6) is 5.75 Å². The summed E-state index contributed by atoms with van der Waals surface area (Å²) in [5.41, 5.74) is 1.80. The monoisotopic (exact) mass is 430 g/mol. The van der Waals surface area contributed by atoms with Crippen molar-refractivity contribution in [2.45, 2.75) is 18.9 Å². The maximum absolute atomic E-state index is 12.5. The SMILES string of the molecule is COc1ccc(NC(=O)CN(C)C(=O)CSc2ncnc3sc(C)c(C)c23)cc1. The Morgan fingerprint density at radius 2 is 1.93 bits per heavy atom. The van der Waals surface area contributed by atoms with E-state index in [-0.39, 0.29) is 24.1 Å². The van der Waals surface area contributed by atoms with Crippen molar-refractivity contribution in [2.75, 3.05) is 31.8 Å². The maximum Gasteiger partial charge on any atom is 0.243 e. The van der Waals surface area contributed by atoms with Crippen LogP contribution in [0.25, 0.3) is 10.2 Å². The number of ether oxygens (including phenoxy) is 1. The zero-order valence-electron chi connectivity index (χ0n) is 16.7. The highest BCUT2D eigenvalue weighted by Gasteiger charge is 2.17. The maximum atomic E-state index is 12.5. The topological polar surface area (TPSA) is 84.4 Å². The number of rotatable bonds is 7. The molecule has 2 heterocycles. The summed E-state index contributed by atoms with van der Waals surface area (Å²) in [7, 11) is 3.20. The minimum absolute atomic E-state index is 0.0266. The molecule has 0 atom stereocenters. The molecule has 0 aliphatic rings. The molecule has 0 radical (unpaired) electrons. The Kier molecular flexibility index (Phi) is 6.71. The Hall–Kier alpha value is -2.65. The fourth-order valence-corrected chi connectivity index (χ4v) is 4.74. The quantitative estimate of drug-likeness (QED) is 0.456. The molecule has 1 N–H and O–H groups in total. The van der Waals surface area contributed by atoms with Gasteiger partial charge in [-0.2, -0.15) is 0 Å². The van der Waals surface area contributed by atoms with Gasteiger partial charge in [0.2, 0.25) is 11.8 Å². The second kappa shape index (κ2) is 9.23. The van der Waals surface area contributed by atoms with E-state index < -0.39 is 0 Å². The van der Waals surface area contributed by atoms with Gasteiger partial charge in [-0.3, -0.25) is 9.59 Å². The van der Waals surface area contributed by atoms with E-state index in [1.165, 1.54) is 27.9 Å². The van der Waals surface area contributed by atoms with Crippen LogP contribution in [0.1, 0.15) is 10.4 Å². The number of nitrogens with one attached hydrogen (secondary N) is 1. The lowest BCUT2D eigenvalue weighted by molar-refractivity contribution is -0.131. The fraction of sp³-hybridized carbons (Fsp3) is 0.300. The molecular weight excluding hydrogens is 408 g/mol. The summed E-state index contributed by atoms with van der Waals surface area (Å²) >= 11 is 2.99. The number of benzene rings is 1. The van der Waals surface area contributed by atoms with Crippen molar-refractivity contribution in [3.8, 4) is 5.75 Å². The van der Waals surface area contributed by atoms with E-state index in [1.54, 1.807) is 49.8 Å². The lowest BCUT2D eigenvalue weighted by Crippen LogP contribution is -2.35. The van der Waals surface area contributed by atoms with Crippen molar-refractivity contribution >= 4 is 50.8 Å². The number of carbonyl (C=O) groups is 2. The van der Waals surface area contributed by atoms with E-state index >= 15 is 0 Å². The molecule has 0 spiro atoms. The molecule has 152 valence electrons. The number of hydrogen-bond donors (Lipinski definition) is 1. The van der Waals surface area contributed by atoms with Crippen LogP contribution in [0.3, 0.4) is 0 Å². The summed E-state index contributed by atoms with van der Waals surface area (Å²) in [5, 5.41) is 4.57. The van der Waals surface area contributed by atoms with Crippen molar-refractivity contribution in [1.82, 2.24) is 14.9 Å². The number of aromatic nitrogens is 2. The van der Waals surface area contributed by atoms with Crippen LogP contribution in [0.15, 0.2) is 35.6 Å². The fourth-order valence-electron chi connectivity index (χ4n) is 2.68. The first-order valence-electron chi connectivity index (χ1n) is 8.90. The number of carbonyl (C=O) groups excluding carboxylic acids is 2. The Bertz CT molecular complexity index is 1030. The van der Waals surface area contributed by atoms with Crippen LogP contribution >= 0.6 is 23.1 Å². The number of fused-ring (bicyclic) bond motifs is 1. The number of likely N-dealkylation sites (N-methyl/N-ethyl adjacent to an activating group) is 1. The Labute approximate surface area is 177 Å². The van der Waals surface area contributed by atoms with Crippen LogP contribution in [-0.4, -0.2) is 53.1 Å². The van der Waals surface area contributed by atoms with Crippen LogP contribution in [0, 0.1) is 13.8 Å². The van der Waals surface area contributed by atoms with E-state index in [2.05, 4.69) is 22.2 Å². The largest absolute Gasteiger partial charge is 0.497 e. The highest BCUT2D eigenvalue weighted by atomic mass is 32.2. The molecule has 2 aromatic heterocycles. The average molecular weight is 431 g/mol. The smallest absolute Gasteiger partial charge is 0.243 e. The molecule has 0 fully saturated rings. The molecule has 0 bridgehead atoms. The average Bonchev–Trinajstić information content (AvgIpc) is 3.01. The number of amides is 2. The van der Waals surface area contributed by atoms with Crippen molar-refractivity contribution in [1.29, 1.82) is 0 Å². The summed E-state index contributed by atoms with van der Waals surface area (Å²) in [6.45, 7) is 4.07. The molecule has 7 nitrogen and oxygen atoms in total. The molecule has 1 aromatic carbocycles. The van der Waals surface area contributed by atoms with E-state index in [4.69, 9.17) is 4.74 Å². The zero-order chi connectivity index (χ0) is 21.0. The van der Waals surface area contributed by atoms with Crippen molar-refractivity contribution in [3.63, 3.8) is 0 Å². The standard InChI is InChI=1S/C20H22N4O3S2/c1-12-13(2)29-20-18(12)19(21-11-22-20)28-10-17(26)24(3)9-16(25)23-14-5-7-15(27-4)8-6-14/h5-8,11H,9-10H2,1-4H3,(H,23,25). The van der Waals surface area contributed by atoms with E-state index in [0.29, 0.717) is 11.4 Å². The van der Waals surface area contributed by atoms with Gasteiger partial charge in [-0.15, -0.1) is 11.3 Å². The third kappa shape index (κ3) is 5.04. The van der Waals surface area contributed by atoms with Gasteiger partial charge in [-0.1, -0.05) is 11.8 Å². The van der Waals surface area contributed by atoms with Crippen LogP contribution in [0.2, 0.25) is 0 Å². The second-order valence-corrected chi connectivity index (χ2v) is 8.62. The number of hydrogen-bond acceptors (Lipinski definition) is 7. The van der Waals surface area contributed by atoms with Gasteiger partial charge in [0.1, 0.15) is 21.9 Å². The summed E-state index contributed by atoms with van der Waals surface area (Å²) in [6.07, 6.45) is 1.52. The number of thioether (sulfide) groups is 1. The molecule has 9 heteroatoms. The predicted molar refractivity (Wildman–Crippen MR) is 117 cm³/mol. The molecule has 0 aliphatic heterocycles.